The molecule has 216 valence electrons. The van der Waals surface area contributed by atoms with Crippen molar-refractivity contribution >= 4 is 69.1 Å². The summed E-state index contributed by atoms with van der Waals surface area (Å²) in [7, 11) is 0. The molecule has 0 bridgehead atoms. The van der Waals surface area contributed by atoms with Gasteiger partial charge in [0.15, 0.2) is 5.13 Å². The number of aromatic nitrogens is 1. The van der Waals surface area contributed by atoms with Crippen molar-refractivity contribution in [3.63, 3.8) is 0 Å². The lowest BCUT2D eigenvalue weighted by Crippen LogP contribution is -2.30. The molecule has 3 amide bonds. The third kappa shape index (κ3) is 8.29. The van der Waals surface area contributed by atoms with E-state index in [0.717, 1.165) is 26.6 Å². The van der Waals surface area contributed by atoms with Crippen molar-refractivity contribution in [3.05, 3.63) is 124 Å². The third-order valence-electron chi connectivity index (χ3n) is 6.22. The van der Waals surface area contributed by atoms with E-state index in [1.54, 1.807) is 53.8 Å². The summed E-state index contributed by atoms with van der Waals surface area (Å²) in [5, 5.41) is 12.6. The summed E-state index contributed by atoms with van der Waals surface area (Å²) >= 11 is 4.40. The first-order chi connectivity index (χ1) is 20.8. The van der Waals surface area contributed by atoms with Gasteiger partial charge in [-0.15, -0.1) is 34.4 Å². The Morgan fingerprint density at radius 3 is 2.30 bits per heavy atom. The van der Waals surface area contributed by atoms with Crippen molar-refractivity contribution in [2.45, 2.75) is 24.0 Å². The molecule has 0 aliphatic heterocycles. The maximum atomic E-state index is 13.3. The second kappa shape index (κ2) is 14.1. The smallest absolute Gasteiger partial charge is 0.272 e. The van der Waals surface area contributed by atoms with Crippen LogP contribution in [0.25, 0.3) is 16.6 Å². The number of nitrogens with one attached hydrogen (secondary N) is 3. The fourth-order valence-electron chi connectivity index (χ4n) is 3.92. The van der Waals surface area contributed by atoms with Gasteiger partial charge in [0.05, 0.1) is 15.8 Å². The second-order valence-corrected chi connectivity index (χ2v) is 12.8. The van der Waals surface area contributed by atoms with E-state index in [4.69, 9.17) is 0 Å². The minimum absolute atomic E-state index is 0.117. The van der Waals surface area contributed by atoms with Crippen LogP contribution in [0.4, 0.5) is 10.8 Å². The van der Waals surface area contributed by atoms with Gasteiger partial charge in [0.1, 0.15) is 5.70 Å². The number of carbonyl (C=O) groups excluding carboxylic acids is 3. The Hall–Kier alpha value is -4.51. The summed E-state index contributed by atoms with van der Waals surface area (Å²) in [4.78, 5) is 45.4. The Morgan fingerprint density at radius 2 is 1.60 bits per heavy atom. The summed E-state index contributed by atoms with van der Waals surface area (Å²) in [6.07, 6.45) is 1.64. The molecular weight excluding hydrogens is 597 g/mol. The van der Waals surface area contributed by atoms with Crippen molar-refractivity contribution in [2.75, 3.05) is 10.6 Å². The molecule has 5 aromatic rings. The van der Waals surface area contributed by atoms with Gasteiger partial charge in [-0.25, -0.2) is 4.98 Å². The van der Waals surface area contributed by atoms with Gasteiger partial charge in [0.2, 0.25) is 5.91 Å². The summed E-state index contributed by atoms with van der Waals surface area (Å²) in [5.41, 5.74) is 3.84. The average Bonchev–Trinajstić information content (AvgIpc) is 3.72. The highest BCUT2D eigenvalue weighted by atomic mass is 32.2. The largest absolute Gasteiger partial charge is 0.321 e. The van der Waals surface area contributed by atoms with Crippen LogP contribution in [0.3, 0.4) is 0 Å². The minimum Gasteiger partial charge on any atom is -0.321 e. The standard InChI is InChI=1S/C33H28N4O3S3/c1-21-10-12-23(13-11-21)19-27(35-31(39)24-7-4-3-5-8-24)32(40)34-25-14-16-26(17-15-25)43-22(2)30(38)37-33-36-28(20-42-33)29-9-6-18-41-29/h3-20,22H,1-2H3,(H,34,40)(H,35,39)(H,36,37,38)/b27-19-. The zero-order chi connectivity index (χ0) is 30.2. The number of nitrogens with zero attached hydrogens (tertiary/aromatic N) is 1. The van der Waals surface area contributed by atoms with Crippen molar-refractivity contribution in [1.82, 2.24) is 10.3 Å². The predicted molar refractivity (Wildman–Crippen MR) is 178 cm³/mol. The van der Waals surface area contributed by atoms with Gasteiger partial charge in [0.25, 0.3) is 11.8 Å². The number of hydrogen-bond acceptors (Lipinski definition) is 7. The number of hydrogen-bond donors (Lipinski definition) is 3. The lowest BCUT2D eigenvalue weighted by Gasteiger charge is -2.13. The highest BCUT2D eigenvalue weighted by Gasteiger charge is 2.18. The number of aryl methyl sites for hydroxylation is 1. The van der Waals surface area contributed by atoms with Crippen LogP contribution in [0.1, 0.15) is 28.4 Å². The quantitative estimate of drug-likeness (QED) is 0.109. The predicted octanol–water partition coefficient (Wildman–Crippen LogP) is 7.71. The first kappa shape index (κ1) is 30.0. The topological polar surface area (TPSA) is 100 Å². The molecule has 1 atom stereocenters. The lowest BCUT2D eigenvalue weighted by atomic mass is 10.1. The van der Waals surface area contributed by atoms with Gasteiger partial charge < -0.3 is 16.0 Å². The van der Waals surface area contributed by atoms with Crippen LogP contribution in [0.5, 0.6) is 0 Å². The van der Waals surface area contributed by atoms with Crippen LogP contribution >= 0.6 is 34.4 Å². The van der Waals surface area contributed by atoms with Gasteiger partial charge >= 0.3 is 0 Å². The van der Waals surface area contributed by atoms with E-state index in [2.05, 4.69) is 20.9 Å². The van der Waals surface area contributed by atoms with E-state index in [0.29, 0.717) is 16.4 Å². The number of rotatable bonds is 10. The zero-order valence-corrected chi connectivity index (χ0v) is 25.8. The Balaban J connectivity index is 1.21. The number of thioether (sulfide) groups is 1. The van der Waals surface area contributed by atoms with Crippen molar-refractivity contribution in [2.24, 2.45) is 0 Å². The number of thiophene rings is 1. The molecule has 0 spiro atoms. The molecule has 0 saturated heterocycles. The van der Waals surface area contributed by atoms with E-state index in [1.807, 2.05) is 79.2 Å². The number of thiazole rings is 1. The third-order valence-corrected chi connectivity index (χ3v) is 8.98. The summed E-state index contributed by atoms with van der Waals surface area (Å²) in [5.74, 6) is -0.980. The molecule has 10 heteroatoms. The Morgan fingerprint density at radius 1 is 0.860 bits per heavy atom. The van der Waals surface area contributed by atoms with Gasteiger partial charge in [-0.2, -0.15) is 0 Å². The Labute approximate surface area is 262 Å². The molecule has 2 aromatic heterocycles. The Bertz CT molecular complexity index is 1730. The summed E-state index contributed by atoms with van der Waals surface area (Å²) in [6.45, 7) is 3.82. The molecular formula is C33H28N4O3S3. The highest BCUT2D eigenvalue weighted by Crippen LogP contribution is 2.30. The van der Waals surface area contributed by atoms with Crippen molar-refractivity contribution < 1.29 is 14.4 Å². The molecule has 0 radical (unpaired) electrons. The van der Waals surface area contributed by atoms with Crippen LogP contribution in [-0.2, 0) is 9.59 Å². The number of anilines is 2. The maximum Gasteiger partial charge on any atom is 0.272 e. The summed E-state index contributed by atoms with van der Waals surface area (Å²) in [6, 6.07) is 27.6. The number of benzene rings is 3. The molecule has 3 N–H and O–H groups in total. The molecule has 1 unspecified atom stereocenters. The van der Waals surface area contributed by atoms with Crippen LogP contribution < -0.4 is 16.0 Å². The van der Waals surface area contributed by atoms with Crippen LogP contribution in [0.2, 0.25) is 0 Å². The first-order valence-corrected chi connectivity index (χ1v) is 16.0. The van der Waals surface area contributed by atoms with E-state index >= 15 is 0 Å². The van der Waals surface area contributed by atoms with E-state index in [1.165, 1.54) is 23.1 Å². The molecule has 0 aliphatic rings. The van der Waals surface area contributed by atoms with Gasteiger partial charge in [-0.1, -0.05) is 54.1 Å². The molecule has 0 aliphatic carbocycles. The van der Waals surface area contributed by atoms with Crippen molar-refractivity contribution in [1.29, 1.82) is 0 Å². The lowest BCUT2D eigenvalue weighted by molar-refractivity contribution is -0.115. The molecule has 3 aromatic carbocycles. The maximum absolute atomic E-state index is 13.3. The van der Waals surface area contributed by atoms with E-state index in [-0.39, 0.29) is 22.8 Å². The molecule has 2 heterocycles. The van der Waals surface area contributed by atoms with Crippen LogP contribution in [0, 0.1) is 6.92 Å². The average molecular weight is 625 g/mol. The van der Waals surface area contributed by atoms with Gasteiger partial charge in [-0.05, 0) is 73.3 Å². The molecule has 0 saturated carbocycles. The SMILES string of the molecule is Cc1ccc(/C=C(\NC(=O)c2ccccc2)C(=O)Nc2ccc(SC(C)C(=O)Nc3nc(-c4cccs4)cs3)cc2)cc1. The fraction of sp³-hybridized carbons (Fsp3) is 0.0909. The fourth-order valence-corrected chi connectivity index (χ4v) is 6.26. The molecule has 43 heavy (non-hydrogen) atoms. The van der Waals surface area contributed by atoms with Gasteiger partial charge in [0, 0.05) is 21.5 Å². The first-order valence-electron chi connectivity index (χ1n) is 13.4. The number of amides is 3. The molecule has 7 nitrogen and oxygen atoms in total. The van der Waals surface area contributed by atoms with Crippen LogP contribution in [-0.4, -0.2) is 28.0 Å². The molecule has 5 rings (SSSR count). The van der Waals surface area contributed by atoms with E-state index in [9.17, 15) is 14.4 Å². The highest BCUT2D eigenvalue weighted by molar-refractivity contribution is 8.00. The van der Waals surface area contributed by atoms with E-state index < -0.39 is 5.91 Å². The zero-order valence-electron chi connectivity index (χ0n) is 23.4. The van der Waals surface area contributed by atoms with Crippen molar-refractivity contribution in [3.8, 4) is 10.6 Å². The molecule has 0 fully saturated rings. The minimum atomic E-state index is -0.455. The summed E-state index contributed by atoms with van der Waals surface area (Å²) < 4.78 is 0. The normalized spacial score (nSPS) is 11.9. The monoisotopic (exact) mass is 624 g/mol. The number of carbonyl (C=O) groups is 3. The van der Waals surface area contributed by atoms with Crippen LogP contribution in [0.15, 0.2) is 112 Å². The van der Waals surface area contributed by atoms with Gasteiger partial charge in [-0.3, -0.25) is 14.4 Å². The second-order valence-electron chi connectivity index (χ2n) is 9.53. The Kier molecular flexibility index (Phi) is 9.83.